The lowest BCUT2D eigenvalue weighted by Crippen LogP contribution is -2.35. The molecule has 1 saturated carbocycles. The Balaban J connectivity index is 1.87. The molecule has 0 aromatic carbocycles. The zero-order chi connectivity index (χ0) is 13.2. The Morgan fingerprint density at radius 3 is 3.00 bits per heavy atom. The van der Waals surface area contributed by atoms with Gasteiger partial charge in [-0.05, 0) is 58.1 Å². The minimum Gasteiger partial charge on any atom is -0.306 e. The molecule has 100 valence electrons. The van der Waals surface area contributed by atoms with Gasteiger partial charge in [0.15, 0.2) is 5.65 Å². The Morgan fingerprint density at radius 2 is 2.21 bits per heavy atom. The molecule has 0 amide bonds. The summed E-state index contributed by atoms with van der Waals surface area (Å²) < 4.78 is 2.01. The molecule has 2 fully saturated rings. The van der Waals surface area contributed by atoms with Gasteiger partial charge in [0.25, 0.3) is 0 Å². The first kappa shape index (κ1) is 11.4. The van der Waals surface area contributed by atoms with Crippen molar-refractivity contribution in [1.29, 1.82) is 0 Å². The summed E-state index contributed by atoms with van der Waals surface area (Å²) in [5, 5.41) is 8.53. The number of aryl methyl sites for hydroxylation is 2. The first-order valence-electron chi connectivity index (χ1n) is 7.21. The van der Waals surface area contributed by atoms with Gasteiger partial charge in [-0.15, -0.1) is 0 Å². The molecular formula is C15H20N4. The van der Waals surface area contributed by atoms with Gasteiger partial charge in [-0.1, -0.05) is 0 Å². The highest BCUT2D eigenvalue weighted by Gasteiger charge is 2.57. The number of rotatable bonds is 1. The summed E-state index contributed by atoms with van der Waals surface area (Å²) in [5.74, 6) is 0.786. The minimum absolute atomic E-state index is 0.167. The summed E-state index contributed by atoms with van der Waals surface area (Å²) in [7, 11) is 0. The van der Waals surface area contributed by atoms with Crippen molar-refractivity contribution in [2.75, 3.05) is 6.54 Å². The molecule has 4 rings (SSSR count). The van der Waals surface area contributed by atoms with E-state index in [0.29, 0.717) is 0 Å². The highest BCUT2D eigenvalue weighted by Crippen LogP contribution is 2.55. The molecule has 0 radical (unpaired) electrons. The van der Waals surface area contributed by atoms with Gasteiger partial charge in [0.2, 0.25) is 0 Å². The summed E-state index contributed by atoms with van der Waals surface area (Å²) in [6.07, 6.45) is 3.88. The average molecular weight is 256 g/mol. The van der Waals surface area contributed by atoms with Crippen LogP contribution >= 0.6 is 0 Å². The highest BCUT2D eigenvalue weighted by atomic mass is 15.3. The van der Waals surface area contributed by atoms with Crippen LogP contribution in [0.25, 0.3) is 5.65 Å². The van der Waals surface area contributed by atoms with Crippen molar-refractivity contribution < 1.29 is 0 Å². The summed E-state index contributed by atoms with van der Waals surface area (Å²) in [4.78, 5) is 4.67. The van der Waals surface area contributed by atoms with Crippen molar-refractivity contribution >= 4 is 5.65 Å². The SMILES string of the molecule is Cc1nc2cc([C@@]34CC3CCCN4)nn2c(C)c1C. The van der Waals surface area contributed by atoms with E-state index in [0.717, 1.165) is 23.8 Å². The molecule has 1 aliphatic heterocycles. The zero-order valence-corrected chi connectivity index (χ0v) is 11.8. The summed E-state index contributed by atoms with van der Waals surface area (Å²) >= 11 is 0. The molecule has 3 heterocycles. The highest BCUT2D eigenvalue weighted by molar-refractivity contribution is 5.47. The molecule has 1 saturated heterocycles. The van der Waals surface area contributed by atoms with E-state index < -0.39 is 0 Å². The van der Waals surface area contributed by atoms with Crippen LogP contribution in [0.3, 0.4) is 0 Å². The summed E-state index contributed by atoms with van der Waals surface area (Å²) in [5.41, 5.74) is 5.90. The Labute approximate surface area is 113 Å². The van der Waals surface area contributed by atoms with E-state index >= 15 is 0 Å². The fraction of sp³-hybridized carbons (Fsp3) is 0.600. The van der Waals surface area contributed by atoms with E-state index in [4.69, 9.17) is 5.10 Å². The van der Waals surface area contributed by atoms with Crippen molar-refractivity contribution in [3.8, 4) is 0 Å². The smallest absolute Gasteiger partial charge is 0.155 e. The molecule has 1 aliphatic carbocycles. The van der Waals surface area contributed by atoms with Gasteiger partial charge in [0.05, 0.1) is 11.2 Å². The molecule has 2 aromatic rings. The first-order valence-corrected chi connectivity index (χ1v) is 7.21. The fourth-order valence-corrected chi connectivity index (χ4v) is 3.55. The molecule has 1 N–H and O–H groups in total. The Kier molecular flexibility index (Phi) is 2.14. The largest absolute Gasteiger partial charge is 0.306 e. The van der Waals surface area contributed by atoms with E-state index in [2.05, 4.69) is 37.1 Å². The van der Waals surface area contributed by atoms with E-state index in [1.165, 1.54) is 36.2 Å². The predicted molar refractivity (Wildman–Crippen MR) is 74.2 cm³/mol. The normalized spacial score (nSPS) is 29.5. The fourth-order valence-electron chi connectivity index (χ4n) is 3.55. The maximum absolute atomic E-state index is 4.84. The minimum atomic E-state index is 0.167. The lowest BCUT2D eigenvalue weighted by molar-refractivity contribution is 0.386. The van der Waals surface area contributed by atoms with Gasteiger partial charge in [-0.25, -0.2) is 9.50 Å². The van der Waals surface area contributed by atoms with Crippen LogP contribution in [0.4, 0.5) is 0 Å². The van der Waals surface area contributed by atoms with Crippen LogP contribution in [0.5, 0.6) is 0 Å². The van der Waals surface area contributed by atoms with Crippen LogP contribution in [-0.2, 0) is 5.54 Å². The van der Waals surface area contributed by atoms with Crippen LogP contribution < -0.4 is 5.32 Å². The third-order valence-corrected chi connectivity index (χ3v) is 5.11. The molecule has 0 bridgehead atoms. The van der Waals surface area contributed by atoms with Crippen molar-refractivity contribution in [3.63, 3.8) is 0 Å². The summed E-state index contributed by atoms with van der Waals surface area (Å²) in [6.45, 7) is 7.45. The van der Waals surface area contributed by atoms with Crippen LogP contribution in [0.15, 0.2) is 6.07 Å². The second kappa shape index (κ2) is 3.57. The molecule has 2 aromatic heterocycles. The molecule has 4 heteroatoms. The topological polar surface area (TPSA) is 42.2 Å². The van der Waals surface area contributed by atoms with E-state index in [9.17, 15) is 0 Å². The number of fused-ring (bicyclic) bond motifs is 2. The second-order valence-electron chi connectivity index (χ2n) is 6.15. The van der Waals surface area contributed by atoms with Gasteiger partial charge in [0, 0.05) is 17.5 Å². The number of piperidine rings is 1. The lowest BCUT2D eigenvalue weighted by atomic mass is 10.0. The van der Waals surface area contributed by atoms with Gasteiger partial charge in [0.1, 0.15) is 0 Å². The quantitative estimate of drug-likeness (QED) is 0.851. The lowest BCUT2D eigenvalue weighted by Gasteiger charge is -2.21. The van der Waals surface area contributed by atoms with E-state index in [-0.39, 0.29) is 5.54 Å². The van der Waals surface area contributed by atoms with Crippen LogP contribution in [-0.4, -0.2) is 21.1 Å². The molecule has 19 heavy (non-hydrogen) atoms. The Morgan fingerprint density at radius 1 is 1.37 bits per heavy atom. The standard InChI is InChI=1S/C15H20N4/c1-9-10(2)17-14-7-13(18-19(14)11(9)3)15-8-12(15)5-4-6-16-15/h7,12,16H,4-6,8H2,1-3H3/t12?,15-/m1/s1. The third-order valence-electron chi connectivity index (χ3n) is 5.11. The molecule has 2 atom stereocenters. The zero-order valence-electron chi connectivity index (χ0n) is 11.8. The van der Waals surface area contributed by atoms with E-state index in [1.807, 2.05) is 4.52 Å². The first-order chi connectivity index (χ1) is 9.12. The monoisotopic (exact) mass is 256 g/mol. The van der Waals surface area contributed by atoms with Crippen LogP contribution in [0.1, 0.15) is 41.9 Å². The van der Waals surface area contributed by atoms with Crippen molar-refractivity contribution in [2.45, 2.75) is 45.6 Å². The van der Waals surface area contributed by atoms with Gasteiger partial charge < -0.3 is 5.32 Å². The Hall–Kier alpha value is -1.42. The maximum atomic E-state index is 4.84. The van der Waals surface area contributed by atoms with Crippen molar-refractivity contribution in [2.24, 2.45) is 5.92 Å². The molecule has 1 unspecified atom stereocenters. The molecule has 4 nitrogen and oxygen atoms in total. The number of aromatic nitrogens is 3. The summed E-state index contributed by atoms with van der Waals surface area (Å²) in [6, 6.07) is 2.18. The Bertz CT molecular complexity index is 672. The molecule has 0 spiro atoms. The maximum Gasteiger partial charge on any atom is 0.155 e. The average Bonchev–Trinajstić information content (AvgIpc) is 3.01. The van der Waals surface area contributed by atoms with E-state index in [1.54, 1.807) is 0 Å². The van der Waals surface area contributed by atoms with Crippen LogP contribution in [0, 0.1) is 26.7 Å². The van der Waals surface area contributed by atoms with Crippen molar-refractivity contribution in [3.05, 3.63) is 28.7 Å². The van der Waals surface area contributed by atoms with Gasteiger partial charge in [-0.3, -0.25) is 0 Å². The van der Waals surface area contributed by atoms with Gasteiger partial charge >= 0.3 is 0 Å². The molecule has 2 aliphatic rings. The number of nitrogens with one attached hydrogen (secondary N) is 1. The third kappa shape index (κ3) is 1.43. The van der Waals surface area contributed by atoms with Crippen molar-refractivity contribution in [1.82, 2.24) is 19.9 Å². The van der Waals surface area contributed by atoms with Crippen LogP contribution in [0.2, 0.25) is 0 Å². The second-order valence-corrected chi connectivity index (χ2v) is 6.15. The predicted octanol–water partition coefficient (Wildman–Crippen LogP) is 2.25. The number of nitrogens with zero attached hydrogens (tertiary/aromatic N) is 3. The number of hydrogen-bond donors (Lipinski definition) is 1. The van der Waals surface area contributed by atoms with Gasteiger partial charge in [-0.2, -0.15) is 5.10 Å². The number of hydrogen-bond acceptors (Lipinski definition) is 3. The molecular weight excluding hydrogens is 236 g/mol.